The van der Waals surface area contributed by atoms with Gasteiger partial charge in [-0.3, -0.25) is 20.2 Å². The summed E-state index contributed by atoms with van der Waals surface area (Å²) in [6, 6.07) is 20.0. The Balaban J connectivity index is 1.47. The van der Waals surface area contributed by atoms with Crippen LogP contribution in [0.5, 0.6) is 11.5 Å². The number of carbonyl (C=O) groups excluding carboxylic acids is 1. The summed E-state index contributed by atoms with van der Waals surface area (Å²) < 4.78 is 45.7. The summed E-state index contributed by atoms with van der Waals surface area (Å²) in [5, 5.41) is -0.242. The number of alkyl halides is 3. The number of hydrogen-bond acceptors (Lipinski definition) is 4. The Hall–Kier alpha value is -3.98. The van der Waals surface area contributed by atoms with Crippen LogP contribution in [-0.4, -0.2) is 15.5 Å². The first kappa shape index (κ1) is 22.2. The van der Waals surface area contributed by atoms with Crippen LogP contribution >= 0.6 is 11.6 Å². The van der Waals surface area contributed by atoms with E-state index in [0.717, 1.165) is 6.07 Å². The largest absolute Gasteiger partial charge is 0.457 e. The van der Waals surface area contributed by atoms with Crippen molar-refractivity contribution < 1.29 is 22.7 Å². The monoisotopic (exact) mass is 472 g/mol. The zero-order chi connectivity index (χ0) is 23.4. The van der Waals surface area contributed by atoms with Crippen LogP contribution in [0, 0.1) is 0 Å². The van der Waals surface area contributed by atoms with E-state index in [1.165, 1.54) is 16.8 Å². The minimum Gasteiger partial charge on any atom is -0.457 e. The van der Waals surface area contributed by atoms with Crippen molar-refractivity contribution in [1.29, 1.82) is 0 Å². The molecule has 2 aromatic heterocycles. The van der Waals surface area contributed by atoms with Gasteiger partial charge in [0.1, 0.15) is 17.2 Å². The van der Waals surface area contributed by atoms with E-state index in [9.17, 15) is 18.0 Å². The quantitative estimate of drug-likeness (QED) is 0.333. The van der Waals surface area contributed by atoms with Crippen LogP contribution in [0.4, 0.5) is 18.9 Å². The van der Waals surface area contributed by atoms with Gasteiger partial charge in [0.2, 0.25) is 0 Å². The summed E-state index contributed by atoms with van der Waals surface area (Å²) in [7, 11) is 0. The van der Waals surface area contributed by atoms with Crippen molar-refractivity contribution in [3.8, 4) is 17.3 Å². The molecule has 2 aromatic carbocycles. The van der Waals surface area contributed by atoms with E-state index < -0.39 is 17.6 Å². The number of aromatic nitrogens is 2. The fraction of sp³-hybridized carbons (Fsp3) is 0.0435. The lowest BCUT2D eigenvalue weighted by Gasteiger charge is -2.14. The van der Waals surface area contributed by atoms with Crippen molar-refractivity contribution in [1.82, 2.24) is 15.0 Å². The van der Waals surface area contributed by atoms with Crippen LogP contribution in [0.3, 0.4) is 0 Å². The molecule has 0 saturated heterocycles. The highest BCUT2D eigenvalue weighted by Gasteiger charge is 2.32. The fourth-order valence-corrected chi connectivity index (χ4v) is 3.23. The van der Waals surface area contributed by atoms with Gasteiger partial charge in [-0.05, 0) is 42.5 Å². The van der Waals surface area contributed by atoms with Gasteiger partial charge in [-0.15, -0.1) is 0 Å². The third-order valence-corrected chi connectivity index (χ3v) is 4.77. The molecule has 4 rings (SSSR count). The van der Waals surface area contributed by atoms with Gasteiger partial charge < -0.3 is 4.74 Å². The number of benzene rings is 2. The highest BCUT2D eigenvalue weighted by molar-refractivity contribution is 6.32. The SMILES string of the molecule is O=C(NNc1cccc(Oc2ccccc2)c1)c1cccn1-c1ncc(C(F)(F)F)cc1Cl. The number of nitrogens with zero attached hydrogens (tertiary/aromatic N) is 2. The van der Waals surface area contributed by atoms with Crippen LogP contribution in [0.2, 0.25) is 5.02 Å². The van der Waals surface area contributed by atoms with Crippen molar-refractivity contribution in [2.24, 2.45) is 0 Å². The Bertz CT molecular complexity index is 1280. The molecule has 0 bridgehead atoms. The second-order valence-corrected chi connectivity index (χ2v) is 7.22. The van der Waals surface area contributed by atoms with Gasteiger partial charge in [-0.2, -0.15) is 13.2 Å². The lowest BCUT2D eigenvalue weighted by molar-refractivity contribution is -0.137. The van der Waals surface area contributed by atoms with Crippen molar-refractivity contribution in [2.75, 3.05) is 5.43 Å². The minimum atomic E-state index is -4.57. The number of amides is 1. The summed E-state index contributed by atoms with van der Waals surface area (Å²) in [6.45, 7) is 0. The first-order valence-corrected chi connectivity index (χ1v) is 9.99. The maximum Gasteiger partial charge on any atom is 0.417 e. The summed E-state index contributed by atoms with van der Waals surface area (Å²) in [5.41, 5.74) is 5.02. The molecular formula is C23H16ClF3N4O2. The standard InChI is InChI=1S/C23H16ClF3N4O2/c24-19-12-15(23(25,26)27)14-28-21(19)31-11-5-10-20(31)22(32)30-29-16-6-4-9-18(13-16)33-17-7-2-1-3-8-17/h1-14,29H,(H,30,32). The molecule has 0 aliphatic carbocycles. The second-order valence-electron chi connectivity index (χ2n) is 6.81. The zero-order valence-corrected chi connectivity index (χ0v) is 17.6. The molecule has 1 amide bonds. The van der Waals surface area contributed by atoms with Crippen LogP contribution in [-0.2, 0) is 6.18 Å². The van der Waals surface area contributed by atoms with Crippen LogP contribution in [0.15, 0.2) is 85.2 Å². The molecule has 168 valence electrons. The Kier molecular flexibility index (Phi) is 6.23. The molecular weight excluding hydrogens is 457 g/mol. The average Bonchev–Trinajstić information content (AvgIpc) is 3.27. The molecule has 4 aromatic rings. The molecule has 10 heteroatoms. The molecule has 0 aliphatic rings. The topological polar surface area (TPSA) is 68.2 Å². The number of carbonyl (C=O) groups is 1. The lowest BCUT2D eigenvalue weighted by Crippen LogP contribution is -2.31. The summed E-state index contributed by atoms with van der Waals surface area (Å²) in [5.74, 6) is 0.673. The number of halogens is 4. The Morgan fingerprint density at radius 1 is 0.970 bits per heavy atom. The predicted molar refractivity (Wildman–Crippen MR) is 118 cm³/mol. The van der Waals surface area contributed by atoms with E-state index in [1.807, 2.05) is 30.3 Å². The van der Waals surface area contributed by atoms with Crippen LogP contribution in [0.1, 0.15) is 16.1 Å². The van der Waals surface area contributed by atoms with E-state index in [-0.39, 0.29) is 16.5 Å². The Morgan fingerprint density at radius 3 is 2.45 bits per heavy atom. The first-order chi connectivity index (χ1) is 15.8. The lowest BCUT2D eigenvalue weighted by atomic mass is 10.2. The Labute approximate surface area is 191 Å². The highest BCUT2D eigenvalue weighted by atomic mass is 35.5. The number of rotatable bonds is 6. The zero-order valence-electron chi connectivity index (χ0n) is 16.8. The third-order valence-electron chi connectivity index (χ3n) is 4.49. The molecule has 0 saturated carbocycles. The fourth-order valence-electron chi connectivity index (χ4n) is 2.97. The van der Waals surface area contributed by atoms with Crippen molar-refractivity contribution in [3.63, 3.8) is 0 Å². The van der Waals surface area contributed by atoms with Gasteiger partial charge in [-0.1, -0.05) is 35.9 Å². The normalized spacial score (nSPS) is 11.2. The number of pyridine rings is 1. The number of nitrogens with one attached hydrogen (secondary N) is 2. The Morgan fingerprint density at radius 2 is 1.73 bits per heavy atom. The van der Waals surface area contributed by atoms with Gasteiger partial charge >= 0.3 is 6.18 Å². The molecule has 0 fully saturated rings. The molecule has 2 heterocycles. The summed E-state index contributed by atoms with van der Waals surface area (Å²) in [6.07, 6.45) is -2.43. The van der Waals surface area contributed by atoms with Crippen molar-refractivity contribution in [2.45, 2.75) is 6.18 Å². The number of hydrogen-bond donors (Lipinski definition) is 2. The molecule has 0 atom stereocenters. The number of hydrazine groups is 1. The van der Waals surface area contributed by atoms with E-state index in [2.05, 4.69) is 15.8 Å². The maximum absolute atomic E-state index is 12.9. The van der Waals surface area contributed by atoms with Gasteiger partial charge in [-0.25, -0.2) is 4.98 Å². The molecule has 0 radical (unpaired) electrons. The van der Waals surface area contributed by atoms with Crippen LogP contribution in [0.25, 0.3) is 5.82 Å². The minimum absolute atomic E-state index is 0.00178. The third kappa shape index (κ3) is 5.27. The molecule has 0 spiro atoms. The van der Waals surface area contributed by atoms with Gasteiger partial charge in [0.25, 0.3) is 5.91 Å². The number of ether oxygens (including phenoxy) is 1. The van der Waals surface area contributed by atoms with Gasteiger partial charge in [0, 0.05) is 18.5 Å². The molecule has 6 nitrogen and oxygen atoms in total. The van der Waals surface area contributed by atoms with E-state index in [4.69, 9.17) is 16.3 Å². The van der Waals surface area contributed by atoms with Crippen molar-refractivity contribution in [3.05, 3.63) is 101 Å². The molecule has 33 heavy (non-hydrogen) atoms. The number of para-hydroxylation sites is 1. The predicted octanol–water partition coefficient (Wildman–Crippen LogP) is 6.09. The van der Waals surface area contributed by atoms with Crippen molar-refractivity contribution >= 4 is 23.2 Å². The number of anilines is 1. The average molecular weight is 473 g/mol. The summed E-state index contributed by atoms with van der Waals surface area (Å²) >= 11 is 6.02. The first-order valence-electron chi connectivity index (χ1n) is 9.61. The molecule has 0 aliphatic heterocycles. The van der Waals surface area contributed by atoms with Gasteiger partial charge in [0.15, 0.2) is 5.82 Å². The smallest absolute Gasteiger partial charge is 0.417 e. The van der Waals surface area contributed by atoms with Gasteiger partial charge in [0.05, 0.1) is 16.3 Å². The van der Waals surface area contributed by atoms with E-state index >= 15 is 0 Å². The van der Waals surface area contributed by atoms with E-state index in [1.54, 1.807) is 30.3 Å². The second kappa shape index (κ2) is 9.25. The summed E-state index contributed by atoms with van der Waals surface area (Å²) in [4.78, 5) is 16.5. The molecule has 2 N–H and O–H groups in total. The molecule has 0 unspecified atom stereocenters. The highest BCUT2D eigenvalue weighted by Crippen LogP contribution is 2.32. The van der Waals surface area contributed by atoms with Crippen LogP contribution < -0.4 is 15.6 Å². The van der Waals surface area contributed by atoms with E-state index in [0.29, 0.717) is 23.4 Å². The maximum atomic E-state index is 12.9.